The molecule has 0 aliphatic rings. The smallest absolute Gasteiger partial charge is 0.238 e. The van der Waals surface area contributed by atoms with Crippen molar-refractivity contribution < 1.29 is 4.74 Å². The molecule has 0 amide bonds. The number of aromatic nitrogens is 2. The van der Waals surface area contributed by atoms with E-state index in [2.05, 4.69) is 27.2 Å². The van der Waals surface area contributed by atoms with Crippen LogP contribution in [-0.4, -0.2) is 29.2 Å². The van der Waals surface area contributed by atoms with Crippen LogP contribution < -0.4 is 4.74 Å². The van der Waals surface area contributed by atoms with Crippen molar-refractivity contribution in [3.8, 4) is 11.6 Å². The summed E-state index contributed by atoms with van der Waals surface area (Å²) in [7, 11) is 4.10. The second kappa shape index (κ2) is 5.60. The normalized spacial score (nSPS) is 10.7. The van der Waals surface area contributed by atoms with Gasteiger partial charge in [0.15, 0.2) is 0 Å². The molecule has 0 radical (unpaired) electrons. The second-order valence-electron chi connectivity index (χ2n) is 4.50. The number of hydrogen-bond donors (Lipinski definition) is 0. The zero-order chi connectivity index (χ0) is 13.0. The lowest BCUT2D eigenvalue weighted by molar-refractivity contribution is 0.402. The van der Waals surface area contributed by atoms with Gasteiger partial charge in [-0.25, -0.2) is 0 Å². The molecule has 0 atom stereocenters. The fourth-order valence-corrected chi connectivity index (χ4v) is 1.59. The first kappa shape index (κ1) is 12.5. The summed E-state index contributed by atoms with van der Waals surface area (Å²) in [6, 6.07) is 11.7. The number of ether oxygens (including phenoxy) is 1. The van der Waals surface area contributed by atoms with Gasteiger partial charge < -0.3 is 9.64 Å². The fraction of sp³-hybridized carbons (Fsp3) is 0.286. The van der Waals surface area contributed by atoms with E-state index in [-0.39, 0.29) is 0 Å². The lowest BCUT2D eigenvalue weighted by atomic mass is 10.2. The minimum absolute atomic E-state index is 0.515. The third kappa shape index (κ3) is 3.53. The average Bonchev–Trinajstić information content (AvgIpc) is 2.34. The molecule has 0 bridgehead atoms. The Labute approximate surface area is 107 Å². The van der Waals surface area contributed by atoms with Crippen LogP contribution in [0, 0.1) is 6.92 Å². The predicted octanol–water partition coefficient (Wildman–Crippen LogP) is 2.64. The van der Waals surface area contributed by atoms with Crippen LogP contribution in [0.2, 0.25) is 0 Å². The van der Waals surface area contributed by atoms with Crippen molar-refractivity contribution in [1.82, 2.24) is 15.1 Å². The summed E-state index contributed by atoms with van der Waals surface area (Å²) in [5.74, 6) is 1.29. The molecule has 2 rings (SSSR count). The minimum atomic E-state index is 0.515. The summed E-state index contributed by atoms with van der Waals surface area (Å²) in [5.41, 5.74) is 2.13. The SMILES string of the molecule is Cc1ccc(Oc2ccc(CN(C)C)cc2)nn1. The van der Waals surface area contributed by atoms with Crippen LogP contribution in [0.3, 0.4) is 0 Å². The summed E-state index contributed by atoms with van der Waals surface area (Å²) in [5, 5.41) is 7.91. The standard InChI is InChI=1S/C14H17N3O/c1-11-4-9-14(16-15-11)18-13-7-5-12(6-8-13)10-17(2)3/h4-9H,10H2,1-3H3. The molecule has 0 aliphatic carbocycles. The van der Waals surface area contributed by atoms with Gasteiger partial charge in [0.25, 0.3) is 0 Å². The van der Waals surface area contributed by atoms with Crippen molar-refractivity contribution >= 4 is 0 Å². The molecule has 4 heteroatoms. The molecule has 2 aromatic rings. The third-order valence-corrected chi connectivity index (χ3v) is 2.42. The highest BCUT2D eigenvalue weighted by Crippen LogP contribution is 2.19. The molecule has 1 heterocycles. The van der Waals surface area contributed by atoms with Crippen molar-refractivity contribution in [2.24, 2.45) is 0 Å². The molecule has 0 spiro atoms. The first-order valence-corrected chi connectivity index (χ1v) is 5.85. The van der Waals surface area contributed by atoms with Gasteiger partial charge in [0.05, 0.1) is 5.69 Å². The first-order chi connectivity index (χ1) is 8.63. The van der Waals surface area contributed by atoms with Crippen molar-refractivity contribution in [1.29, 1.82) is 0 Å². The number of aryl methyl sites for hydroxylation is 1. The molecule has 1 aromatic carbocycles. The maximum absolute atomic E-state index is 5.61. The van der Waals surface area contributed by atoms with Crippen molar-refractivity contribution in [2.45, 2.75) is 13.5 Å². The number of benzene rings is 1. The molecule has 0 fully saturated rings. The minimum Gasteiger partial charge on any atom is -0.438 e. The van der Waals surface area contributed by atoms with E-state index in [9.17, 15) is 0 Å². The predicted molar refractivity (Wildman–Crippen MR) is 70.7 cm³/mol. The molecular formula is C14H17N3O. The Hall–Kier alpha value is -1.94. The van der Waals surface area contributed by atoms with Crippen LogP contribution >= 0.6 is 0 Å². The zero-order valence-electron chi connectivity index (χ0n) is 10.9. The van der Waals surface area contributed by atoms with Crippen LogP contribution in [-0.2, 0) is 6.54 Å². The largest absolute Gasteiger partial charge is 0.438 e. The summed E-state index contributed by atoms with van der Waals surface area (Å²) in [4.78, 5) is 2.13. The highest BCUT2D eigenvalue weighted by atomic mass is 16.5. The first-order valence-electron chi connectivity index (χ1n) is 5.85. The Bertz CT molecular complexity index is 491. The van der Waals surface area contributed by atoms with Gasteiger partial charge in [-0.1, -0.05) is 12.1 Å². The van der Waals surface area contributed by atoms with Crippen molar-refractivity contribution in [2.75, 3.05) is 14.1 Å². The van der Waals surface area contributed by atoms with E-state index in [0.29, 0.717) is 5.88 Å². The number of nitrogens with zero attached hydrogens (tertiary/aromatic N) is 3. The Kier molecular flexibility index (Phi) is 3.89. The summed E-state index contributed by atoms with van der Waals surface area (Å²) >= 11 is 0. The van der Waals surface area contributed by atoms with Crippen LogP contribution in [0.4, 0.5) is 0 Å². The van der Waals surface area contributed by atoms with E-state index in [1.165, 1.54) is 5.56 Å². The Morgan fingerprint density at radius 3 is 2.28 bits per heavy atom. The summed E-state index contributed by atoms with van der Waals surface area (Å²) in [6.07, 6.45) is 0. The van der Waals surface area contributed by atoms with E-state index in [1.54, 1.807) is 0 Å². The average molecular weight is 243 g/mol. The lowest BCUT2D eigenvalue weighted by Crippen LogP contribution is -2.10. The van der Waals surface area contributed by atoms with Gasteiger partial charge >= 0.3 is 0 Å². The van der Waals surface area contributed by atoms with Gasteiger partial charge in [0, 0.05) is 12.6 Å². The molecule has 0 saturated carbocycles. The van der Waals surface area contributed by atoms with Crippen molar-refractivity contribution in [3.05, 3.63) is 47.7 Å². The highest BCUT2D eigenvalue weighted by Gasteiger charge is 2.00. The van der Waals surface area contributed by atoms with E-state index in [0.717, 1.165) is 18.0 Å². The van der Waals surface area contributed by atoms with E-state index < -0.39 is 0 Å². The van der Waals surface area contributed by atoms with E-state index in [4.69, 9.17) is 4.74 Å². The van der Waals surface area contributed by atoms with Gasteiger partial charge in [0.2, 0.25) is 5.88 Å². The van der Waals surface area contributed by atoms with Gasteiger partial charge in [-0.2, -0.15) is 5.10 Å². The Morgan fingerprint density at radius 2 is 1.72 bits per heavy atom. The third-order valence-electron chi connectivity index (χ3n) is 2.42. The van der Waals surface area contributed by atoms with Gasteiger partial charge in [-0.05, 0) is 44.8 Å². The molecule has 0 unspecified atom stereocenters. The molecular weight excluding hydrogens is 226 g/mol. The van der Waals surface area contributed by atoms with E-state index in [1.807, 2.05) is 45.3 Å². The monoisotopic (exact) mass is 243 g/mol. The van der Waals surface area contributed by atoms with Gasteiger partial charge in [0.1, 0.15) is 5.75 Å². The summed E-state index contributed by atoms with van der Waals surface area (Å²) in [6.45, 7) is 2.82. The summed E-state index contributed by atoms with van der Waals surface area (Å²) < 4.78 is 5.61. The zero-order valence-corrected chi connectivity index (χ0v) is 10.9. The van der Waals surface area contributed by atoms with Gasteiger partial charge in [-0.3, -0.25) is 0 Å². The maximum atomic E-state index is 5.61. The molecule has 1 aromatic heterocycles. The molecule has 0 N–H and O–H groups in total. The number of hydrogen-bond acceptors (Lipinski definition) is 4. The highest BCUT2D eigenvalue weighted by molar-refractivity contribution is 5.30. The lowest BCUT2D eigenvalue weighted by Gasteiger charge is -2.10. The Balaban J connectivity index is 2.04. The maximum Gasteiger partial charge on any atom is 0.238 e. The van der Waals surface area contributed by atoms with Crippen LogP contribution in [0.5, 0.6) is 11.6 Å². The Morgan fingerprint density at radius 1 is 1.00 bits per heavy atom. The van der Waals surface area contributed by atoms with Crippen LogP contribution in [0.25, 0.3) is 0 Å². The molecule has 18 heavy (non-hydrogen) atoms. The van der Waals surface area contributed by atoms with Gasteiger partial charge in [-0.15, -0.1) is 5.10 Å². The molecule has 94 valence electrons. The quantitative estimate of drug-likeness (QED) is 0.827. The van der Waals surface area contributed by atoms with Crippen LogP contribution in [0.1, 0.15) is 11.3 Å². The molecule has 4 nitrogen and oxygen atoms in total. The van der Waals surface area contributed by atoms with E-state index >= 15 is 0 Å². The fourth-order valence-electron chi connectivity index (χ4n) is 1.59. The molecule has 0 saturated heterocycles. The van der Waals surface area contributed by atoms with Crippen LogP contribution in [0.15, 0.2) is 36.4 Å². The van der Waals surface area contributed by atoms with Crippen molar-refractivity contribution in [3.63, 3.8) is 0 Å². The molecule has 0 aliphatic heterocycles. The second-order valence-corrected chi connectivity index (χ2v) is 4.50. The topological polar surface area (TPSA) is 38.2 Å². The number of rotatable bonds is 4.